The van der Waals surface area contributed by atoms with Crippen molar-refractivity contribution in [2.75, 3.05) is 12.1 Å². The Morgan fingerprint density at radius 2 is 0.796 bits per heavy atom. The minimum atomic E-state index is 0.839. The van der Waals surface area contributed by atoms with Crippen LogP contribution >= 0.6 is 34.0 Å². The molecule has 10 N–H and O–H groups in total. The molecule has 9 aromatic carbocycles. The summed E-state index contributed by atoms with van der Waals surface area (Å²) in [6.45, 7) is 41.9. The quantitative estimate of drug-likeness (QED) is 0.0644. The maximum atomic E-state index is 5.70. The summed E-state index contributed by atoms with van der Waals surface area (Å²) >= 11 is 4.94. The highest BCUT2D eigenvalue weighted by atomic mass is 32.1. The third-order valence-electron chi connectivity index (χ3n) is 12.2. The Kier molecular flexibility index (Phi) is 48.1. The number of hydrogen-bond acceptors (Lipinski definition) is 14. The second-order valence-corrected chi connectivity index (χ2v) is 19.8. The third kappa shape index (κ3) is 24.4. The Morgan fingerprint density at radius 1 is 0.409 bits per heavy atom. The average molecular weight is 1310 g/mol. The molecule has 0 unspecified atom stereocenters. The molecule has 12 aromatic rings. The van der Waals surface area contributed by atoms with Gasteiger partial charge in [0.25, 0.3) is 0 Å². The summed E-state index contributed by atoms with van der Waals surface area (Å²) in [5, 5.41) is 26.7. The predicted octanol–water partition coefficient (Wildman–Crippen LogP) is 21.8. The number of benzene rings is 8. The number of nitrogens with two attached hydrogens (primary N) is 5. The summed E-state index contributed by atoms with van der Waals surface area (Å²) < 4.78 is 5.68. The molecule has 0 radical (unpaired) electrons. The summed E-state index contributed by atoms with van der Waals surface area (Å²) in [5.41, 5.74) is 8.65. The van der Waals surface area contributed by atoms with Crippen LogP contribution in [0.5, 0.6) is 0 Å². The summed E-state index contributed by atoms with van der Waals surface area (Å²) in [5.74, 6) is 27.2. The van der Waals surface area contributed by atoms with Crippen LogP contribution in [0.3, 0.4) is 0 Å². The zero-order valence-corrected chi connectivity index (χ0v) is 62.7. The smallest absolute Gasteiger partial charge is 0.208 e. The number of aryl methyl sites for hydroxylation is 1. The molecule has 12 nitrogen and oxygen atoms in total. The van der Waals surface area contributed by atoms with Crippen LogP contribution in [0.1, 0.15) is 161 Å². The highest BCUT2D eigenvalue weighted by molar-refractivity contribution is 7.23. The van der Waals surface area contributed by atoms with Gasteiger partial charge in [0, 0.05) is 46.1 Å². The molecule has 502 valence electrons. The van der Waals surface area contributed by atoms with Crippen molar-refractivity contribution in [3.63, 3.8) is 0 Å². The van der Waals surface area contributed by atoms with Crippen LogP contribution in [0.2, 0.25) is 0 Å². The monoisotopic (exact) mass is 1310 g/mol. The summed E-state index contributed by atoms with van der Waals surface area (Å²) in [6, 6.07) is 67.9. The molecular formula is C78H112N12S3. The molecule has 0 atom stereocenters. The van der Waals surface area contributed by atoms with E-state index in [0.717, 1.165) is 69.8 Å². The van der Waals surface area contributed by atoms with Gasteiger partial charge in [-0.2, -0.15) is 20.4 Å². The summed E-state index contributed by atoms with van der Waals surface area (Å²) in [4.78, 5) is 6.47. The Hall–Kier alpha value is -8.73. The number of hydrogen-bond donors (Lipinski definition) is 5. The van der Waals surface area contributed by atoms with E-state index in [0.29, 0.717) is 0 Å². The van der Waals surface area contributed by atoms with Crippen LogP contribution in [0.4, 0.5) is 5.13 Å². The van der Waals surface area contributed by atoms with E-state index in [4.69, 9.17) is 29.2 Å². The standard InChI is InChI=1S/C15H12N2.C13H10N2.C12H11N3S.C10H10N2S.C8H9N3S.10C2H6/c16-17-15-13-7-3-1-5-11(13)9-10-12-6-2-4-8-14(12)15;14-15-13-11-7-3-1-5-9(11)10-6-2-4-8-12(10)13;1-15(13)12-14-10-7-6-8-4-2-3-5-9(8)11(10)16-12;1-7(12-11)10-6-8-4-2-3-5-9(8)13-10;1-11-6-4-2-3-5-7(6)12-8(11)10-9;10*1-2/h1-10H,16H2;1-8H,14H2;2-7H,13H2,1H3;2-6H,11H2,1H3;2-5H,9H2,1H3;10*1-2H3/b;;;12-7+;10-8-;;;;;;;;;;. The van der Waals surface area contributed by atoms with Gasteiger partial charge in [0.1, 0.15) is 0 Å². The Labute approximate surface area is 570 Å². The molecule has 15 heteroatoms. The third-order valence-corrected chi connectivity index (χ3v) is 15.7. The maximum Gasteiger partial charge on any atom is 0.208 e. The van der Waals surface area contributed by atoms with E-state index in [1.165, 1.54) is 46.9 Å². The van der Waals surface area contributed by atoms with Crippen LogP contribution < -0.4 is 44.4 Å². The first-order valence-electron chi connectivity index (χ1n) is 33.1. The molecule has 0 amide bonds. The van der Waals surface area contributed by atoms with Crippen LogP contribution in [-0.4, -0.2) is 28.0 Å². The minimum absolute atomic E-state index is 0.839. The second-order valence-electron chi connectivity index (χ2n) is 16.7. The number of hydrazone groups is 2. The molecule has 0 saturated carbocycles. The van der Waals surface area contributed by atoms with Gasteiger partial charge >= 0.3 is 0 Å². The molecule has 0 saturated heterocycles. The number of rotatable bonds is 2. The second kappa shape index (κ2) is 51.8. The molecule has 0 bridgehead atoms. The molecule has 1 aliphatic carbocycles. The average Bonchev–Trinajstić information content (AvgIpc) is 1.66. The molecule has 1 aliphatic rings. The van der Waals surface area contributed by atoms with Crippen molar-refractivity contribution < 1.29 is 0 Å². The molecule has 93 heavy (non-hydrogen) atoms. The predicted molar refractivity (Wildman–Crippen MR) is 425 cm³/mol. The molecule has 0 fully saturated rings. The number of nitrogens with zero attached hydrogens (tertiary/aromatic N) is 7. The number of anilines is 1. The number of thiophene rings is 1. The van der Waals surface area contributed by atoms with Gasteiger partial charge in [0.15, 0.2) is 0 Å². The van der Waals surface area contributed by atoms with Gasteiger partial charge in [0.2, 0.25) is 9.93 Å². The van der Waals surface area contributed by atoms with Crippen molar-refractivity contribution in [1.29, 1.82) is 0 Å². The number of hydrazine groups is 1. The van der Waals surface area contributed by atoms with Crippen molar-refractivity contribution in [3.05, 3.63) is 226 Å². The van der Waals surface area contributed by atoms with Gasteiger partial charge in [0.05, 0.1) is 42.1 Å². The number of fused-ring (bicyclic) bond motifs is 10. The summed E-state index contributed by atoms with van der Waals surface area (Å²) in [7, 11) is 3.77. The first kappa shape index (κ1) is 86.3. The van der Waals surface area contributed by atoms with E-state index in [-0.39, 0.29) is 0 Å². The molecule has 13 rings (SSSR count). The summed E-state index contributed by atoms with van der Waals surface area (Å²) in [6.07, 6.45) is 0. The minimum Gasteiger partial charge on any atom is -0.323 e. The highest BCUT2D eigenvalue weighted by Crippen LogP contribution is 2.36. The fourth-order valence-electron chi connectivity index (χ4n) is 8.53. The molecule has 3 aromatic heterocycles. The Morgan fingerprint density at radius 3 is 1.22 bits per heavy atom. The lowest BCUT2D eigenvalue weighted by Gasteiger charge is -2.04. The van der Waals surface area contributed by atoms with Gasteiger partial charge in [-0.05, 0) is 69.9 Å². The number of thiazole rings is 2. The van der Waals surface area contributed by atoms with E-state index < -0.39 is 0 Å². The van der Waals surface area contributed by atoms with Gasteiger partial charge in [-0.15, -0.1) is 11.3 Å². The van der Waals surface area contributed by atoms with Crippen LogP contribution in [-0.2, 0) is 7.05 Å². The van der Waals surface area contributed by atoms with Crippen molar-refractivity contribution in [2.24, 2.45) is 56.7 Å². The van der Waals surface area contributed by atoms with Gasteiger partial charge in [-0.1, -0.05) is 331 Å². The Bertz CT molecular complexity index is 3990. The van der Waals surface area contributed by atoms with E-state index in [1.807, 2.05) is 260 Å². The lowest BCUT2D eigenvalue weighted by molar-refractivity contribution is 0.888. The first-order valence-corrected chi connectivity index (χ1v) is 35.6. The molecule has 3 heterocycles. The molecule has 0 spiro atoms. The fraction of sp³-hybridized carbons (Fsp3) is 0.295. The van der Waals surface area contributed by atoms with Crippen molar-refractivity contribution in [2.45, 2.75) is 145 Å². The zero-order valence-electron chi connectivity index (χ0n) is 60.3. The van der Waals surface area contributed by atoms with Gasteiger partial charge < -0.3 is 27.9 Å². The zero-order chi connectivity index (χ0) is 70.8. The lowest BCUT2D eigenvalue weighted by Crippen LogP contribution is -2.24. The highest BCUT2D eigenvalue weighted by Gasteiger charge is 2.23. The van der Waals surface area contributed by atoms with Gasteiger partial charge in [-0.25, -0.2) is 10.8 Å². The topological polar surface area (TPSA) is 201 Å². The number of aromatic nitrogens is 2. The van der Waals surface area contributed by atoms with Crippen LogP contribution in [0.25, 0.3) is 74.0 Å². The lowest BCUT2D eigenvalue weighted by atomic mass is 10.1. The molecular weight excluding hydrogens is 1200 g/mol. The first-order chi connectivity index (χ1) is 45.7. The van der Waals surface area contributed by atoms with Crippen molar-refractivity contribution in [1.82, 2.24) is 9.55 Å². The van der Waals surface area contributed by atoms with E-state index in [9.17, 15) is 0 Å². The molecule has 0 aliphatic heterocycles. The Balaban J connectivity index is 0. The van der Waals surface area contributed by atoms with E-state index in [2.05, 4.69) is 122 Å². The van der Waals surface area contributed by atoms with Crippen molar-refractivity contribution in [3.8, 4) is 11.1 Å². The van der Waals surface area contributed by atoms with Crippen molar-refractivity contribution >= 4 is 113 Å². The van der Waals surface area contributed by atoms with Crippen LogP contribution in [0.15, 0.2) is 221 Å². The van der Waals surface area contributed by atoms with E-state index >= 15 is 0 Å². The largest absolute Gasteiger partial charge is 0.323 e. The van der Waals surface area contributed by atoms with Gasteiger partial charge in [-0.3, -0.25) is 5.01 Å². The normalized spacial score (nSPS) is 9.78. The van der Waals surface area contributed by atoms with E-state index in [1.54, 1.807) is 46.1 Å². The van der Waals surface area contributed by atoms with Crippen LogP contribution in [0, 0.1) is 0 Å². The number of para-hydroxylation sites is 1. The SMILES string of the molecule is C/C(=N\N)c1cc2ccccc2s1.CC.CC.CC.CC.CC.CC.CC.CC.CC.CC.CN(N)c1nc2ccc3ccccc3c2s1.Cn1/c(=N/N)sc2ccccc21.NN=C1c2ccccc2-c2ccccc21.NN=c1c2ccccc2ccc2ccccc12. The maximum absolute atomic E-state index is 5.70. The fourth-order valence-corrected chi connectivity index (χ4v) is 11.5.